The lowest BCUT2D eigenvalue weighted by Gasteiger charge is -1.99. The molecule has 2 aromatic heterocycles. The highest BCUT2D eigenvalue weighted by Crippen LogP contribution is 2.16. The molecule has 0 atom stereocenters. The number of fused-ring (bicyclic) bond motifs is 1. The zero-order valence-corrected chi connectivity index (χ0v) is 7.83. The number of nitrogens with zero attached hydrogens (tertiary/aromatic N) is 2. The minimum absolute atomic E-state index is 0.541. The molecule has 0 aromatic carbocycles. The number of hydrogen-bond donors (Lipinski definition) is 1. The average molecular weight is 196 g/mol. The maximum Gasteiger partial charge on any atom is 0.154 e. The number of rotatable bonds is 2. The van der Waals surface area contributed by atoms with Crippen molar-refractivity contribution in [1.29, 1.82) is 0 Å². The lowest BCUT2D eigenvalue weighted by molar-refractivity contribution is 0.963. The van der Waals surface area contributed by atoms with Gasteiger partial charge >= 0.3 is 0 Å². The lowest BCUT2D eigenvalue weighted by atomic mass is 10.2. The van der Waals surface area contributed by atoms with Crippen molar-refractivity contribution < 1.29 is 0 Å². The number of imidazole rings is 1. The van der Waals surface area contributed by atoms with Crippen LogP contribution in [0.3, 0.4) is 0 Å². The first-order chi connectivity index (χ1) is 6.31. The monoisotopic (exact) mass is 195 g/mol. The number of nitrogens with two attached hydrogens (primary N) is 1. The van der Waals surface area contributed by atoms with Crippen LogP contribution in [0.15, 0.2) is 24.7 Å². The van der Waals surface area contributed by atoms with Gasteiger partial charge < -0.3 is 10.1 Å². The maximum atomic E-state index is 5.88. The summed E-state index contributed by atoms with van der Waals surface area (Å²) in [4.78, 5) is 3.99. The van der Waals surface area contributed by atoms with Crippen molar-refractivity contribution in [3.8, 4) is 0 Å². The predicted octanol–water partition coefficient (Wildman–Crippen LogP) is 1.49. The molecule has 2 rings (SSSR count). The molecule has 0 unspecified atom stereocenters. The van der Waals surface area contributed by atoms with E-state index in [0.717, 1.165) is 11.9 Å². The molecule has 0 aliphatic heterocycles. The van der Waals surface area contributed by atoms with Gasteiger partial charge in [0.25, 0.3) is 0 Å². The molecule has 0 aliphatic rings. The third kappa shape index (κ3) is 1.53. The smallest absolute Gasteiger partial charge is 0.154 e. The van der Waals surface area contributed by atoms with Crippen LogP contribution in [0, 0.1) is 0 Å². The summed E-state index contributed by atoms with van der Waals surface area (Å²) in [5, 5.41) is 0.541. The molecule has 0 spiro atoms. The predicted molar refractivity (Wildman–Crippen MR) is 53.0 cm³/mol. The summed E-state index contributed by atoms with van der Waals surface area (Å²) in [5.41, 5.74) is 7.59. The number of halogens is 1. The van der Waals surface area contributed by atoms with Gasteiger partial charge in [-0.2, -0.15) is 0 Å². The SMILES string of the molecule is NCCc1ccn2cnc(Cl)c2c1. The molecule has 13 heavy (non-hydrogen) atoms. The first kappa shape index (κ1) is 8.53. The van der Waals surface area contributed by atoms with Crippen LogP contribution in [0.5, 0.6) is 0 Å². The zero-order valence-electron chi connectivity index (χ0n) is 7.07. The molecule has 0 fully saturated rings. The molecule has 68 valence electrons. The van der Waals surface area contributed by atoms with Crippen LogP contribution < -0.4 is 5.73 Å². The van der Waals surface area contributed by atoms with Gasteiger partial charge in [-0.1, -0.05) is 11.6 Å². The minimum atomic E-state index is 0.541. The molecule has 0 amide bonds. The Balaban J connectivity index is 2.53. The second kappa shape index (κ2) is 3.36. The molecule has 2 aromatic rings. The van der Waals surface area contributed by atoms with Crippen molar-refractivity contribution in [2.75, 3.05) is 6.54 Å². The highest BCUT2D eigenvalue weighted by Gasteiger charge is 2.01. The topological polar surface area (TPSA) is 43.3 Å². The van der Waals surface area contributed by atoms with E-state index >= 15 is 0 Å². The Hall–Kier alpha value is -1.06. The van der Waals surface area contributed by atoms with Crippen molar-refractivity contribution >= 4 is 17.1 Å². The standard InChI is InChI=1S/C9H10ClN3/c10-9-8-5-7(1-3-11)2-4-13(8)6-12-9/h2,4-6H,1,3,11H2. The van der Waals surface area contributed by atoms with E-state index in [0.29, 0.717) is 11.7 Å². The van der Waals surface area contributed by atoms with E-state index in [2.05, 4.69) is 4.98 Å². The quantitative estimate of drug-likeness (QED) is 0.789. The first-order valence-electron chi connectivity index (χ1n) is 4.12. The Bertz CT molecular complexity index is 422. The molecule has 4 heteroatoms. The van der Waals surface area contributed by atoms with Crippen LogP contribution >= 0.6 is 11.6 Å². The van der Waals surface area contributed by atoms with Crippen LogP contribution in [-0.4, -0.2) is 15.9 Å². The summed E-state index contributed by atoms with van der Waals surface area (Å²) in [6.07, 6.45) is 4.51. The molecular weight excluding hydrogens is 186 g/mol. The number of aromatic nitrogens is 2. The molecule has 2 heterocycles. The fourth-order valence-corrected chi connectivity index (χ4v) is 1.52. The molecule has 0 aliphatic carbocycles. The normalized spacial score (nSPS) is 10.9. The van der Waals surface area contributed by atoms with Crippen LogP contribution in [0.2, 0.25) is 5.15 Å². The van der Waals surface area contributed by atoms with E-state index in [1.807, 2.05) is 22.7 Å². The Labute approximate surface area is 81.1 Å². The van der Waals surface area contributed by atoms with Crippen molar-refractivity contribution in [3.05, 3.63) is 35.4 Å². The molecule has 0 saturated heterocycles. The summed E-state index contributed by atoms with van der Waals surface area (Å²) < 4.78 is 1.89. The molecule has 2 N–H and O–H groups in total. The summed E-state index contributed by atoms with van der Waals surface area (Å²) >= 11 is 5.88. The minimum Gasteiger partial charge on any atom is -0.330 e. The van der Waals surface area contributed by atoms with Gasteiger partial charge in [-0.05, 0) is 30.7 Å². The van der Waals surface area contributed by atoms with Crippen LogP contribution in [0.4, 0.5) is 0 Å². The van der Waals surface area contributed by atoms with Gasteiger partial charge in [0, 0.05) is 6.20 Å². The second-order valence-corrected chi connectivity index (χ2v) is 3.26. The van der Waals surface area contributed by atoms with Gasteiger partial charge in [-0.3, -0.25) is 0 Å². The van der Waals surface area contributed by atoms with Gasteiger partial charge in [0.1, 0.15) is 6.33 Å². The summed E-state index contributed by atoms with van der Waals surface area (Å²) in [5.74, 6) is 0. The van der Waals surface area contributed by atoms with Crippen molar-refractivity contribution in [3.63, 3.8) is 0 Å². The van der Waals surface area contributed by atoms with Crippen molar-refractivity contribution in [2.45, 2.75) is 6.42 Å². The highest BCUT2D eigenvalue weighted by molar-refractivity contribution is 6.32. The number of pyridine rings is 1. The van der Waals surface area contributed by atoms with E-state index in [1.165, 1.54) is 5.56 Å². The first-order valence-corrected chi connectivity index (χ1v) is 4.50. The van der Waals surface area contributed by atoms with Crippen molar-refractivity contribution in [2.24, 2.45) is 5.73 Å². The Morgan fingerprint density at radius 3 is 3.15 bits per heavy atom. The van der Waals surface area contributed by atoms with E-state index < -0.39 is 0 Å². The van der Waals surface area contributed by atoms with E-state index in [1.54, 1.807) is 6.33 Å². The van der Waals surface area contributed by atoms with Gasteiger partial charge in [0.15, 0.2) is 5.15 Å². The fourth-order valence-electron chi connectivity index (χ4n) is 1.32. The summed E-state index contributed by atoms with van der Waals surface area (Å²) in [6.45, 7) is 0.655. The number of hydrogen-bond acceptors (Lipinski definition) is 2. The van der Waals surface area contributed by atoms with E-state index in [4.69, 9.17) is 17.3 Å². The van der Waals surface area contributed by atoms with Crippen LogP contribution in [-0.2, 0) is 6.42 Å². The second-order valence-electron chi connectivity index (χ2n) is 2.90. The molecular formula is C9H10ClN3. The van der Waals surface area contributed by atoms with Crippen LogP contribution in [0.1, 0.15) is 5.56 Å². The van der Waals surface area contributed by atoms with Gasteiger partial charge in [0.05, 0.1) is 5.52 Å². The average Bonchev–Trinajstić information content (AvgIpc) is 2.49. The van der Waals surface area contributed by atoms with Gasteiger partial charge in [0.2, 0.25) is 0 Å². The van der Waals surface area contributed by atoms with Crippen LogP contribution in [0.25, 0.3) is 5.52 Å². The third-order valence-corrected chi connectivity index (χ3v) is 2.28. The maximum absolute atomic E-state index is 5.88. The third-order valence-electron chi connectivity index (χ3n) is 1.99. The van der Waals surface area contributed by atoms with E-state index in [-0.39, 0.29) is 0 Å². The molecule has 0 saturated carbocycles. The Morgan fingerprint density at radius 1 is 1.54 bits per heavy atom. The Morgan fingerprint density at radius 2 is 2.38 bits per heavy atom. The van der Waals surface area contributed by atoms with Crippen molar-refractivity contribution in [1.82, 2.24) is 9.38 Å². The molecule has 0 radical (unpaired) electrons. The summed E-state index contributed by atoms with van der Waals surface area (Å²) in [6, 6.07) is 4.04. The molecule has 3 nitrogen and oxygen atoms in total. The zero-order chi connectivity index (χ0) is 9.26. The van der Waals surface area contributed by atoms with E-state index in [9.17, 15) is 0 Å². The molecule has 0 bridgehead atoms. The lowest BCUT2D eigenvalue weighted by Crippen LogP contribution is -2.02. The summed E-state index contributed by atoms with van der Waals surface area (Å²) in [7, 11) is 0. The van der Waals surface area contributed by atoms with Gasteiger partial charge in [-0.15, -0.1) is 0 Å². The largest absolute Gasteiger partial charge is 0.330 e. The fraction of sp³-hybridized carbons (Fsp3) is 0.222. The highest BCUT2D eigenvalue weighted by atomic mass is 35.5. The Kier molecular flexibility index (Phi) is 2.20. The van der Waals surface area contributed by atoms with Gasteiger partial charge in [-0.25, -0.2) is 4.98 Å².